The third-order valence-corrected chi connectivity index (χ3v) is 3.83. The van der Waals surface area contributed by atoms with E-state index in [9.17, 15) is 0 Å². The van der Waals surface area contributed by atoms with E-state index in [4.69, 9.17) is 0 Å². The summed E-state index contributed by atoms with van der Waals surface area (Å²) in [6, 6.07) is 1.99. The minimum absolute atomic E-state index is 0.194. The van der Waals surface area contributed by atoms with Crippen LogP contribution in [0.1, 0.15) is 58.1 Å². The van der Waals surface area contributed by atoms with E-state index in [2.05, 4.69) is 54.6 Å². The molecule has 4 heteroatoms. The highest BCUT2D eigenvalue weighted by Gasteiger charge is 2.20. The first kappa shape index (κ1) is 17.5. The standard InChI is InChI=1S/C19H28N4/c1-18(2,3)11-17-21-12-15(13-22-17)10-19(4,5)8-6-16-7-9-20-14-23-16/h7,9,12-14H,6,8,10-11H2,1-5H3. The monoisotopic (exact) mass is 312 g/mol. The molecule has 0 aromatic carbocycles. The Hall–Kier alpha value is -1.84. The molecule has 2 aromatic heterocycles. The first-order chi connectivity index (χ1) is 10.7. The molecule has 0 aliphatic rings. The Morgan fingerprint density at radius 2 is 1.61 bits per heavy atom. The first-order valence-electron chi connectivity index (χ1n) is 8.28. The summed E-state index contributed by atoms with van der Waals surface area (Å²) in [6.45, 7) is 11.2. The molecular formula is C19H28N4. The van der Waals surface area contributed by atoms with E-state index in [1.165, 1.54) is 5.56 Å². The van der Waals surface area contributed by atoms with Crippen molar-refractivity contribution in [3.63, 3.8) is 0 Å². The number of nitrogens with zero attached hydrogens (tertiary/aromatic N) is 4. The van der Waals surface area contributed by atoms with Crippen LogP contribution in [-0.2, 0) is 19.3 Å². The van der Waals surface area contributed by atoms with Crippen LogP contribution < -0.4 is 0 Å². The fraction of sp³-hybridized carbons (Fsp3) is 0.579. The molecule has 2 aromatic rings. The van der Waals surface area contributed by atoms with Crippen LogP contribution in [0.4, 0.5) is 0 Å². The quantitative estimate of drug-likeness (QED) is 0.807. The Bertz CT molecular complexity index is 598. The summed E-state index contributed by atoms with van der Waals surface area (Å²) in [5.41, 5.74) is 2.72. The summed E-state index contributed by atoms with van der Waals surface area (Å²) in [5, 5.41) is 0. The topological polar surface area (TPSA) is 51.6 Å². The molecule has 0 spiro atoms. The molecule has 0 amide bonds. The van der Waals surface area contributed by atoms with Crippen molar-refractivity contribution in [2.45, 2.75) is 60.3 Å². The molecule has 0 bridgehead atoms. The third-order valence-electron chi connectivity index (χ3n) is 3.83. The Morgan fingerprint density at radius 1 is 0.913 bits per heavy atom. The normalized spacial score (nSPS) is 12.4. The predicted octanol–water partition coefficient (Wildman–Crippen LogP) is 4.06. The number of hydrogen-bond donors (Lipinski definition) is 0. The van der Waals surface area contributed by atoms with Crippen LogP contribution in [0.25, 0.3) is 0 Å². The lowest BCUT2D eigenvalue weighted by Crippen LogP contribution is -2.17. The molecule has 4 nitrogen and oxygen atoms in total. The lowest BCUT2D eigenvalue weighted by Gasteiger charge is -2.24. The van der Waals surface area contributed by atoms with Gasteiger partial charge in [-0.3, -0.25) is 0 Å². The molecule has 0 N–H and O–H groups in total. The summed E-state index contributed by atoms with van der Waals surface area (Å²) >= 11 is 0. The van der Waals surface area contributed by atoms with E-state index < -0.39 is 0 Å². The largest absolute Gasteiger partial charge is 0.245 e. The average molecular weight is 312 g/mol. The van der Waals surface area contributed by atoms with Gasteiger partial charge in [0.1, 0.15) is 12.2 Å². The van der Waals surface area contributed by atoms with Gasteiger partial charge < -0.3 is 0 Å². The first-order valence-corrected chi connectivity index (χ1v) is 8.28. The van der Waals surface area contributed by atoms with Crippen molar-refractivity contribution in [1.82, 2.24) is 19.9 Å². The minimum atomic E-state index is 0.194. The van der Waals surface area contributed by atoms with E-state index in [0.717, 1.165) is 37.2 Å². The number of rotatable bonds is 6. The molecule has 0 unspecified atom stereocenters. The van der Waals surface area contributed by atoms with E-state index >= 15 is 0 Å². The van der Waals surface area contributed by atoms with Gasteiger partial charge in [0.15, 0.2) is 0 Å². The van der Waals surface area contributed by atoms with Gasteiger partial charge in [-0.15, -0.1) is 0 Å². The molecule has 2 rings (SSSR count). The van der Waals surface area contributed by atoms with E-state index in [1.54, 1.807) is 12.5 Å². The molecule has 0 aliphatic heterocycles. The second-order valence-corrected chi connectivity index (χ2v) is 8.29. The fourth-order valence-electron chi connectivity index (χ4n) is 2.61. The number of hydrogen-bond acceptors (Lipinski definition) is 4. The van der Waals surface area contributed by atoms with Crippen LogP contribution in [0.5, 0.6) is 0 Å². The highest BCUT2D eigenvalue weighted by molar-refractivity contribution is 5.09. The highest BCUT2D eigenvalue weighted by atomic mass is 14.9. The number of aryl methyl sites for hydroxylation is 1. The van der Waals surface area contributed by atoms with Crippen LogP contribution >= 0.6 is 0 Å². The van der Waals surface area contributed by atoms with Crippen molar-refractivity contribution in [3.8, 4) is 0 Å². The molecule has 0 radical (unpaired) electrons. The van der Waals surface area contributed by atoms with Gasteiger partial charge in [0, 0.05) is 30.7 Å². The van der Waals surface area contributed by atoms with Crippen LogP contribution in [-0.4, -0.2) is 19.9 Å². The van der Waals surface area contributed by atoms with Gasteiger partial charge in [-0.25, -0.2) is 19.9 Å². The Labute approximate surface area is 139 Å². The molecule has 124 valence electrons. The van der Waals surface area contributed by atoms with Crippen molar-refractivity contribution >= 4 is 0 Å². The van der Waals surface area contributed by atoms with Gasteiger partial charge in [-0.2, -0.15) is 0 Å². The summed E-state index contributed by atoms with van der Waals surface area (Å²) in [5.74, 6) is 0.931. The Balaban J connectivity index is 1.92. The fourth-order valence-corrected chi connectivity index (χ4v) is 2.61. The molecule has 0 aliphatic carbocycles. The summed E-state index contributed by atoms with van der Waals surface area (Å²) in [6.07, 6.45) is 11.3. The highest BCUT2D eigenvalue weighted by Crippen LogP contribution is 2.27. The van der Waals surface area contributed by atoms with Crippen LogP contribution in [0, 0.1) is 10.8 Å². The van der Waals surface area contributed by atoms with Crippen molar-refractivity contribution in [2.75, 3.05) is 0 Å². The number of aromatic nitrogens is 4. The Morgan fingerprint density at radius 3 is 2.17 bits per heavy atom. The molecule has 23 heavy (non-hydrogen) atoms. The van der Waals surface area contributed by atoms with Crippen molar-refractivity contribution in [3.05, 3.63) is 48.1 Å². The van der Waals surface area contributed by atoms with Gasteiger partial charge in [0.2, 0.25) is 0 Å². The van der Waals surface area contributed by atoms with Crippen molar-refractivity contribution in [2.24, 2.45) is 10.8 Å². The van der Waals surface area contributed by atoms with Gasteiger partial charge in [0.25, 0.3) is 0 Å². The van der Waals surface area contributed by atoms with Crippen LogP contribution in [0.15, 0.2) is 31.0 Å². The van der Waals surface area contributed by atoms with Crippen molar-refractivity contribution in [1.29, 1.82) is 0 Å². The van der Waals surface area contributed by atoms with E-state index in [-0.39, 0.29) is 10.8 Å². The van der Waals surface area contributed by atoms with Gasteiger partial charge in [0.05, 0.1) is 0 Å². The zero-order valence-electron chi connectivity index (χ0n) is 15.0. The third kappa shape index (κ3) is 6.43. The maximum atomic E-state index is 4.53. The second kappa shape index (κ2) is 7.16. The molecular weight excluding hydrogens is 284 g/mol. The maximum absolute atomic E-state index is 4.53. The van der Waals surface area contributed by atoms with E-state index in [1.807, 2.05) is 18.5 Å². The lowest BCUT2D eigenvalue weighted by atomic mass is 9.82. The molecule has 0 atom stereocenters. The molecule has 0 fully saturated rings. The van der Waals surface area contributed by atoms with E-state index in [0.29, 0.717) is 0 Å². The van der Waals surface area contributed by atoms with Gasteiger partial charge >= 0.3 is 0 Å². The predicted molar refractivity (Wildman–Crippen MR) is 93.0 cm³/mol. The zero-order chi connectivity index (χ0) is 16.9. The van der Waals surface area contributed by atoms with Crippen molar-refractivity contribution < 1.29 is 0 Å². The van der Waals surface area contributed by atoms with Crippen LogP contribution in [0.2, 0.25) is 0 Å². The molecule has 0 saturated heterocycles. The molecule has 0 saturated carbocycles. The van der Waals surface area contributed by atoms with Gasteiger partial charge in [-0.05, 0) is 41.7 Å². The molecule has 2 heterocycles. The SMILES string of the molecule is CC(C)(C)Cc1ncc(CC(C)(C)CCc2ccncn2)cn1. The summed E-state index contributed by atoms with van der Waals surface area (Å²) in [4.78, 5) is 17.3. The van der Waals surface area contributed by atoms with Gasteiger partial charge in [-0.1, -0.05) is 34.6 Å². The summed E-state index contributed by atoms with van der Waals surface area (Å²) in [7, 11) is 0. The average Bonchev–Trinajstić information content (AvgIpc) is 2.47. The Kier molecular flexibility index (Phi) is 5.45. The minimum Gasteiger partial charge on any atom is -0.245 e. The zero-order valence-corrected chi connectivity index (χ0v) is 15.0. The summed E-state index contributed by atoms with van der Waals surface area (Å²) < 4.78 is 0. The lowest BCUT2D eigenvalue weighted by molar-refractivity contribution is 0.330. The van der Waals surface area contributed by atoms with Crippen LogP contribution in [0.3, 0.4) is 0 Å². The second-order valence-electron chi connectivity index (χ2n) is 8.29. The maximum Gasteiger partial charge on any atom is 0.128 e. The smallest absolute Gasteiger partial charge is 0.128 e.